The molecule has 1 atom stereocenters. The summed E-state index contributed by atoms with van der Waals surface area (Å²) in [5.74, 6) is 1.15. The average Bonchev–Trinajstić information content (AvgIpc) is 3.04. The molecule has 8 nitrogen and oxygen atoms in total. The van der Waals surface area contributed by atoms with Crippen LogP contribution >= 0.6 is 0 Å². The summed E-state index contributed by atoms with van der Waals surface area (Å²) in [5.41, 5.74) is 2.73. The lowest BCUT2D eigenvalue weighted by atomic mass is 10.1. The third-order valence-electron chi connectivity index (χ3n) is 3.95. The molecule has 4 rings (SSSR count). The van der Waals surface area contributed by atoms with E-state index in [4.69, 9.17) is 0 Å². The second kappa shape index (κ2) is 5.41. The van der Waals surface area contributed by atoms with E-state index in [1.165, 1.54) is 6.33 Å². The largest absolute Gasteiger partial charge is 0.359 e. The highest BCUT2D eigenvalue weighted by atomic mass is 16.1. The highest BCUT2D eigenvalue weighted by Crippen LogP contribution is 2.21. The van der Waals surface area contributed by atoms with Crippen molar-refractivity contribution < 1.29 is 0 Å². The average molecular weight is 321 g/mol. The Morgan fingerprint density at radius 2 is 2.08 bits per heavy atom. The van der Waals surface area contributed by atoms with Crippen LogP contribution in [0.1, 0.15) is 24.4 Å². The Morgan fingerprint density at radius 3 is 2.96 bits per heavy atom. The molecule has 1 aromatic carbocycles. The molecule has 4 aromatic rings. The number of rotatable bonds is 3. The zero-order valence-electron chi connectivity index (χ0n) is 13.2. The van der Waals surface area contributed by atoms with Crippen LogP contribution in [-0.4, -0.2) is 29.9 Å². The summed E-state index contributed by atoms with van der Waals surface area (Å²) >= 11 is 0. The van der Waals surface area contributed by atoms with Gasteiger partial charge in [0.15, 0.2) is 11.5 Å². The van der Waals surface area contributed by atoms with Gasteiger partial charge in [-0.15, -0.1) is 0 Å². The van der Waals surface area contributed by atoms with Gasteiger partial charge in [0, 0.05) is 0 Å². The van der Waals surface area contributed by atoms with Gasteiger partial charge in [-0.25, -0.2) is 19.9 Å². The van der Waals surface area contributed by atoms with Crippen molar-refractivity contribution in [2.24, 2.45) is 0 Å². The van der Waals surface area contributed by atoms with Gasteiger partial charge in [-0.05, 0) is 25.5 Å². The zero-order chi connectivity index (χ0) is 16.7. The molecule has 3 aromatic heterocycles. The van der Waals surface area contributed by atoms with Crippen LogP contribution in [0, 0.1) is 6.92 Å². The molecule has 0 amide bonds. The van der Waals surface area contributed by atoms with Gasteiger partial charge >= 0.3 is 0 Å². The van der Waals surface area contributed by atoms with E-state index in [-0.39, 0.29) is 11.6 Å². The van der Waals surface area contributed by atoms with Crippen molar-refractivity contribution >= 4 is 27.9 Å². The number of aromatic nitrogens is 6. The summed E-state index contributed by atoms with van der Waals surface area (Å²) in [6.45, 7) is 3.81. The molecule has 8 heteroatoms. The Morgan fingerprint density at radius 1 is 1.21 bits per heavy atom. The first kappa shape index (κ1) is 14.3. The second-order valence-corrected chi connectivity index (χ2v) is 5.61. The number of nitrogens with zero attached hydrogens (tertiary/aromatic N) is 4. The molecule has 24 heavy (non-hydrogen) atoms. The summed E-state index contributed by atoms with van der Waals surface area (Å²) in [7, 11) is 0. The van der Waals surface area contributed by atoms with Crippen LogP contribution in [0.2, 0.25) is 0 Å². The lowest BCUT2D eigenvalue weighted by Gasteiger charge is -2.14. The number of hydrogen-bond donors (Lipinski definition) is 3. The first-order valence-electron chi connectivity index (χ1n) is 7.53. The van der Waals surface area contributed by atoms with Crippen LogP contribution in [0.4, 0.5) is 5.82 Å². The van der Waals surface area contributed by atoms with Crippen LogP contribution in [0.3, 0.4) is 0 Å². The van der Waals surface area contributed by atoms with Crippen molar-refractivity contribution in [1.82, 2.24) is 29.9 Å². The predicted molar refractivity (Wildman–Crippen MR) is 90.8 cm³/mol. The number of nitrogens with one attached hydrogen (secondary N) is 3. The molecule has 0 aliphatic heterocycles. The molecule has 0 aliphatic carbocycles. The third kappa shape index (κ3) is 2.28. The fraction of sp³-hybridized carbons (Fsp3) is 0.188. The summed E-state index contributed by atoms with van der Waals surface area (Å²) in [6.07, 6.45) is 3.01. The third-order valence-corrected chi connectivity index (χ3v) is 3.95. The van der Waals surface area contributed by atoms with E-state index >= 15 is 0 Å². The van der Waals surface area contributed by atoms with Gasteiger partial charge in [0.05, 0.1) is 23.3 Å². The van der Waals surface area contributed by atoms with Crippen LogP contribution < -0.4 is 10.9 Å². The summed E-state index contributed by atoms with van der Waals surface area (Å²) < 4.78 is 0. The van der Waals surface area contributed by atoms with Crippen molar-refractivity contribution in [2.75, 3.05) is 5.32 Å². The van der Waals surface area contributed by atoms with Crippen LogP contribution in [0.5, 0.6) is 0 Å². The van der Waals surface area contributed by atoms with E-state index in [0.717, 1.165) is 5.56 Å². The molecule has 120 valence electrons. The molecule has 0 aliphatic rings. The fourth-order valence-corrected chi connectivity index (χ4v) is 2.73. The van der Waals surface area contributed by atoms with E-state index in [1.807, 2.05) is 32.0 Å². The molecule has 3 heterocycles. The minimum Gasteiger partial charge on any atom is -0.359 e. The molecule has 0 radical (unpaired) electrons. The van der Waals surface area contributed by atoms with E-state index in [0.29, 0.717) is 33.7 Å². The Bertz CT molecular complexity index is 1100. The van der Waals surface area contributed by atoms with Gasteiger partial charge in [-0.2, -0.15) is 0 Å². The van der Waals surface area contributed by atoms with E-state index < -0.39 is 0 Å². The van der Waals surface area contributed by atoms with Crippen molar-refractivity contribution in [3.63, 3.8) is 0 Å². The maximum absolute atomic E-state index is 12.4. The van der Waals surface area contributed by atoms with E-state index in [2.05, 4.69) is 35.2 Å². The van der Waals surface area contributed by atoms with Crippen LogP contribution in [0.15, 0.2) is 35.6 Å². The van der Waals surface area contributed by atoms with Crippen molar-refractivity contribution in [1.29, 1.82) is 0 Å². The number of aryl methyl sites for hydroxylation is 1. The summed E-state index contributed by atoms with van der Waals surface area (Å²) in [4.78, 5) is 35.2. The molecule has 0 spiro atoms. The van der Waals surface area contributed by atoms with Crippen molar-refractivity contribution in [3.8, 4) is 0 Å². The van der Waals surface area contributed by atoms with Crippen molar-refractivity contribution in [3.05, 3.63) is 52.6 Å². The molecule has 0 saturated carbocycles. The summed E-state index contributed by atoms with van der Waals surface area (Å²) in [6, 6.07) is 5.39. The number of H-pyrrole nitrogens is 2. The molecular formula is C16H15N7O. The molecule has 1 unspecified atom stereocenters. The normalized spacial score (nSPS) is 12.6. The highest BCUT2D eigenvalue weighted by molar-refractivity contribution is 5.82. The Balaban J connectivity index is 1.75. The number of aromatic amines is 2. The van der Waals surface area contributed by atoms with Gasteiger partial charge < -0.3 is 15.3 Å². The SMILES string of the molecule is Cc1cccc2nc(C(C)Nc3ncnc4nc[nH]c34)[nH]c(=O)c12. The topological polar surface area (TPSA) is 112 Å². The number of fused-ring (bicyclic) bond motifs is 2. The monoisotopic (exact) mass is 321 g/mol. The lowest BCUT2D eigenvalue weighted by Crippen LogP contribution is -2.19. The van der Waals surface area contributed by atoms with E-state index in [1.54, 1.807) is 6.33 Å². The molecule has 0 saturated heterocycles. The van der Waals surface area contributed by atoms with Gasteiger partial charge in [-0.3, -0.25) is 4.79 Å². The Hall–Kier alpha value is -3.29. The lowest BCUT2D eigenvalue weighted by molar-refractivity contribution is 0.786. The highest BCUT2D eigenvalue weighted by Gasteiger charge is 2.14. The Kier molecular flexibility index (Phi) is 3.23. The number of anilines is 1. The van der Waals surface area contributed by atoms with Crippen LogP contribution in [0.25, 0.3) is 22.1 Å². The zero-order valence-corrected chi connectivity index (χ0v) is 13.2. The predicted octanol–water partition coefficient (Wildman–Crippen LogP) is 2.07. The van der Waals surface area contributed by atoms with Gasteiger partial charge in [0.25, 0.3) is 5.56 Å². The second-order valence-electron chi connectivity index (χ2n) is 5.61. The quantitative estimate of drug-likeness (QED) is 0.532. The molecule has 3 N–H and O–H groups in total. The smallest absolute Gasteiger partial charge is 0.259 e. The molecule has 0 fully saturated rings. The van der Waals surface area contributed by atoms with Gasteiger partial charge in [-0.1, -0.05) is 12.1 Å². The summed E-state index contributed by atoms with van der Waals surface area (Å²) in [5, 5.41) is 3.86. The van der Waals surface area contributed by atoms with Gasteiger partial charge in [0.2, 0.25) is 0 Å². The van der Waals surface area contributed by atoms with E-state index in [9.17, 15) is 4.79 Å². The standard InChI is InChI=1S/C16H15N7O/c1-8-4-3-5-10-11(8)16(24)23-13(22-10)9(2)21-15-12-14(18-6-17-12)19-7-20-15/h3-7,9H,1-2H3,(H,22,23,24)(H2,17,18,19,20,21). The molecular weight excluding hydrogens is 306 g/mol. The van der Waals surface area contributed by atoms with Gasteiger partial charge in [0.1, 0.15) is 17.7 Å². The first-order valence-corrected chi connectivity index (χ1v) is 7.53. The maximum Gasteiger partial charge on any atom is 0.259 e. The number of imidazole rings is 1. The minimum absolute atomic E-state index is 0.142. The van der Waals surface area contributed by atoms with Crippen LogP contribution in [-0.2, 0) is 0 Å². The minimum atomic E-state index is -0.246. The number of hydrogen-bond acceptors (Lipinski definition) is 6. The fourth-order valence-electron chi connectivity index (χ4n) is 2.73. The Labute approximate surface area is 136 Å². The molecule has 0 bridgehead atoms. The van der Waals surface area contributed by atoms with Crippen molar-refractivity contribution in [2.45, 2.75) is 19.9 Å². The maximum atomic E-state index is 12.4. The number of benzene rings is 1. The first-order chi connectivity index (χ1) is 11.6.